The van der Waals surface area contributed by atoms with Crippen molar-refractivity contribution in [3.05, 3.63) is 34.1 Å². The summed E-state index contributed by atoms with van der Waals surface area (Å²) in [5.74, 6) is 2.69. The molecule has 0 saturated heterocycles. The minimum absolute atomic E-state index is 0.103. The lowest BCUT2D eigenvalue weighted by molar-refractivity contribution is 0.213. The highest BCUT2D eigenvalue weighted by Crippen LogP contribution is 2.48. The largest absolute Gasteiger partial charge is 0.302 e. The Balaban J connectivity index is 1.57. The van der Waals surface area contributed by atoms with Gasteiger partial charge in [0.25, 0.3) is 0 Å². The molecule has 2 saturated carbocycles. The van der Waals surface area contributed by atoms with Gasteiger partial charge in [0.1, 0.15) is 5.82 Å². The number of benzene rings is 1. The maximum atomic E-state index is 13.8. The molecule has 1 aromatic carbocycles. The molecule has 3 atom stereocenters. The van der Waals surface area contributed by atoms with Crippen LogP contribution in [0.4, 0.5) is 4.39 Å². The van der Waals surface area contributed by atoms with Gasteiger partial charge in [-0.3, -0.25) is 0 Å². The van der Waals surface area contributed by atoms with Crippen LogP contribution in [0.2, 0.25) is 0 Å². The average molecular weight is 326 g/mol. The van der Waals surface area contributed by atoms with E-state index in [1.165, 1.54) is 25.7 Å². The second-order valence-corrected chi connectivity index (χ2v) is 7.28. The number of hydrogen-bond donors (Lipinski definition) is 0. The molecule has 104 valence electrons. The lowest BCUT2D eigenvalue weighted by atomic mass is 9.88. The Morgan fingerprint density at radius 2 is 2.16 bits per heavy atom. The van der Waals surface area contributed by atoms with Crippen LogP contribution in [0.1, 0.15) is 31.2 Å². The molecule has 2 aliphatic rings. The summed E-state index contributed by atoms with van der Waals surface area (Å²) in [7, 11) is 2.12. The second kappa shape index (κ2) is 5.53. The van der Waals surface area contributed by atoms with Crippen LogP contribution >= 0.6 is 15.9 Å². The van der Waals surface area contributed by atoms with E-state index < -0.39 is 0 Å². The molecule has 3 heteroatoms. The van der Waals surface area contributed by atoms with Gasteiger partial charge in [-0.1, -0.05) is 28.4 Å². The molecule has 0 amide bonds. The van der Waals surface area contributed by atoms with Gasteiger partial charge < -0.3 is 4.90 Å². The highest BCUT2D eigenvalue weighted by molar-refractivity contribution is 9.10. The number of rotatable bonds is 4. The molecule has 1 aromatic rings. The van der Waals surface area contributed by atoms with Crippen LogP contribution < -0.4 is 0 Å². The Bertz CT molecular complexity index is 462. The van der Waals surface area contributed by atoms with E-state index in [1.54, 1.807) is 6.07 Å². The van der Waals surface area contributed by atoms with E-state index in [-0.39, 0.29) is 5.82 Å². The molecule has 0 aliphatic heterocycles. The molecule has 0 radical (unpaired) electrons. The second-order valence-electron chi connectivity index (χ2n) is 6.37. The molecule has 2 aliphatic carbocycles. The first kappa shape index (κ1) is 13.6. The molecule has 2 fully saturated rings. The summed E-state index contributed by atoms with van der Waals surface area (Å²) in [6, 6.07) is 5.36. The predicted octanol–water partition coefficient (Wildman–Crippen LogP) is 4.46. The molecule has 3 rings (SSSR count). The summed E-state index contributed by atoms with van der Waals surface area (Å²) < 4.78 is 14.6. The number of fused-ring (bicyclic) bond motifs is 2. The van der Waals surface area contributed by atoms with Gasteiger partial charge in [-0.25, -0.2) is 4.39 Å². The zero-order valence-electron chi connectivity index (χ0n) is 11.4. The summed E-state index contributed by atoms with van der Waals surface area (Å²) in [5, 5.41) is 0. The average Bonchev–Trinajstić information content (AvgIpc) is 2.95. The van der Waals surface area contributed by atoms with Crippen molar-refractivity contribution in [1.82, 2.24) is 4.90 Å². The van der Waals surface area contributed by atoms with Gasteiger partial charge in [0.05, 0.1) is 0 Å². The smallest absolute Gasteiger partial charge is 0.128 e. The third-order valence-corrected chi connectivity index (χ3v) is 5.38. The van der Waals surface area contributed by atoms with Crippen LogP contribution in [-0.2, 0) is 6.54 Å². The first-order valence-corrected chi connectivity index (χ1v) is 8.03. The highest BCUT2D eigenvalue weighted by Gasteiger charge is 2.39. The normalized spacial score (nSPS) is 29.4. The van der Waals surface area contributed by atoms with Crippen molar-refractivity contribution in [1.29, 1.82) is 0 Å². The summed E-state index contributed by atoms with van der Waals surface area (Å²) in [6.45, 7) is 1.84. The zero-order valence-corrected chi connectivity index (χ0v) is 13.0. The predicted molar refractivity (Wildman–Crippen MR) is 79.4 cm³/mol. The summed E-state index contributed by atoms with van der Waals surface area (Å²) >= 11 is 3.30. The van der Waals surface area contributed by atoms with Crippen LogP contribution in [-0.4, -0.2) is 18.5 Å². The van der Waals surface area contributed by atoms with Gasteiger partial charge in [0.15, 0.2) is 0 Å². The maximum Gasteiger partial charge on any atom is 0.128 e. The minimum atomic E-state index is -0.103. The highest BCUT2D eigenvalue weighted by atomic mass is 79.9. The van der Waals surface area contributed by atoms with Crippen molar-refractivity contribution in [2.45, 2.75) is 32.2 Å². The van der Waals surface area contributed by atoms with E-state index in [0.29, 0.717) is 6.54 Å². The quantitative estimate of drug-likeness (QED) is 0.790. The molecule has 3 unspecified atom stereocenters. The Morgan fingerprint density at radius 1 is 1.32 bits per heavy atom. The summed E-state index contributed by atoms with van der Waals surface area (Å²) in [6.07, 6.45) is 5.73. The van der Waals surface area contributed by atoms with Crippen molar-refractivity contribution in [2.24, 2.45) is 17.8 Å². The van der Waals surface area contributed by atoms with Crippen LogP contribution in [0.15, 0.2) is 22.7 Å². The molecule has 0 spiro atoms. The SMILES string of the molecule is CN(Cc1ccc(Br)cc1F)CC1CC2CCC1C2. The summed E-state index contributed by atoms with van der Waals surface area (Å²) in [5.41, 5.74) is 0.800. The zero-order chi connectivity index (χ0) is 13.4. The van der Waals surface area contributed by atoms with E-state index in [0.717, 1.165) is 34.3 Å². The lowest BCUT2D eigenvalue weighted by Gasteiger charge is -2.27. The fourth-order valence-corrected chi connectivity index (χ4v) is 4.34. The van der Waals surface area contributed by atoms with Gasteiger partial charge in [-0.15, -0.1) is 0 Å². The standard InChI is InChI=1S/C16H21BrFN/c1-19(9-13-4-5-15(17)8-16(13)18)10-14-7-11-2-3-12(14)6-11/h4-5,8,11-12,14H,2-3,6-7,9-10H2,1H3. The van der Waals surface area contributed by atoms with Gasteiger partial charge in [-0.2, -0.15) is 0 Å². The molecule has 0 heterocycles. The Kier molecular flexibility index (Phi) is 3.95. The van der Waals surface area contributed by atoms with Crippen LogP contribution in [0.3, 0.4) is 0 Å². The molecular weight excluding hydrogens is 305 g/mol. The van der Waals surface area contributed by atoms with E-state index in [4.69, 9.17) is 0 Å². The molecule has 0 N–H and O–H groups in total. The van der Waals surface area contributed by atoms with E-state index in [2.05, 4.69) is 27.9 Å². The van der Waals surface area contributed by atoms with Gasteiger partial charge in [-0.05, 0) is 56.2 Å². The third kappa shape index (κ3) is 3.03. The number of nitrogens with zero attached hydrogens (tertiary/aromatic N) is 1. The first-order chi connectivity index (χ1) is 9.11. The topological polar surface area (TPSA) is 3.24 Å². The van der Waals surface area contributed by atoms with Gasteiger partial charge in [0, 0.05) is 23.1 Å². The third-order valence-electron chi connectivity index (χ3n) is 4.89. The van der Waals surface area contributed by atoms with Crippen molar-refractivity contribution >= 4 is 15.9 Å². The van der Waals surface area contributed by atoms with E-state index in [9.17, 15) is 4.39 Å². The van der Waals surface area contributed by atoms with Crippen molar-refractivity contribution in [3.63, 3.8) is 0 Å². The van der Waals surface area contributed by atoms with Crippen molar-refractivity contribution in [2.75, 3.05) is 13.6 Å². The fraction of sp³-hybridized carbons (Fsp3) is 0.625. The van der Waals surface area contributed by atoms with Crippen LogP contribution in [0.25, 0.3) is 0 Å². The minimum Gasteiger partial charge on any atom is -0.302 e. The number of hydrogen-bond acceptors (Lipinski definition) is 1. The lowest BCUT2D eigenvalue weighted by Crippen LogP contribution is -2.28. The Labute approximate surface area is 123 Å². The van der Waals surface area contributed by atoms with Crippen molar-refractivity contribution in [3.8, 4) is 0 Å². The molecular formula is C16H21BrFN. The van der Waals surface area contributed by atoms with Crippen molar-refractivity contribution < 1.29 is 4.39 Å². The van der Waals surface area contributed by atoms with Crippen LogP contribution in [0.5, 0.6) is 0 Å². The fourth-order valence-electron chi connectivity index (χ4n) is 4.01. The first-order valence-electron chi connectivity index (χ1n) is 7.24. The molecule has 0 aromatic heterocycles. The van der Waals surface area contributed by atoms with Gasteiger partial charge in [0.2, 0.25) is 0 Å². The Morgan fingerprint density at radius 3 is 2.79 bits per heavy atom. The molecule has 2 bridgehead atoms. The summed E-state index contributed by atoms with van der Waals surface area (Å²) in [4.78, 5) is 2.29. The molecule has 19 heavy (non-hydrogen) atoms. The number of halogens is 2. The van der Waals surface area contributed by atoms with E-state index >= 15 is 0 Å². The van der Waals surface area contributed by atoms with E-state index in [1.807, 2.05) is 12.1 Å². The maximum absolute atomic E-state index is 13.8. The Hall–Kier alpha value is -0.410. The van der Waals surface area contributed by atoms with Crippen LogP contribution in [0, 0.1) is 23.6 Å². The molecule has 1 nitrogen and oxygen atoms in total. The monoisotopic (exact) mass is 325 g/mol. The van der Waals surface area contributed by atoms with Gasteiger partial charge >= 0.3 is 0 Å².